The molecule has 0 aliphatic carbocycles. The van der Waals surface area contributed by atoms with Gasteiger partial charge in [-0.3, -0.25) is 14.8 Å². The number of nitro benzene ring substituents is 1. The zero-order valence-electron chi connectivity index (χ0n) is 16.4. The number of hydrogen-bond donors (Lipinski definition) is 0. The van der Waals surface area contributed by atoms with E-state index in [1.807, 2.05) is 30.3 Å². The van der Waals surface area contributed by atoms with Crippen molar-refractivity contribution < 1.29 is 13.3 Å². The average molecular weight is 414 g/mol. The Bertz CT molecular complexity index is 1140. The van der Waals surface area contributed by atoms with Crippen molar-refractivity contribution in [2.24, 2.45) is 0 Å². The minimum absolute atomic E-state index is 0.0524. The number of non-ortho nitro benzene ring substituents is 1. The topological polar surface area (TPSA) is 98.3 Å². The monoisotopic (exact) mass is 414 g/mol. The lowest BCUT2D eigenvalue weighted by Crippen LogP contribution is -2.27. The van der Waals surface area contributed by atoms with E-state index in [0.29, 0.717) is 17.7 Å². The standard InChI is InChI=1S/C20H22N4O4S/c1-15-9-19(24(25)26)10-20(16(15)2)29(27,28)22(3)12-18-11-21-23(14-18)13-17-7-5-4-6-8-17/h4-11,14H,12-13H2,1-3H3. The molecule has 9 heteroatoms. The van der Waals surface area contributed by atoms with Crippen LogP contribution in [-0.2, 0) is 23.1 Å². The normalized spacial score (nSPS) is 11.7. The second kappa shape index (κ2) is 8.14. The van der Waals surface area contributed by atoms with Crippen LogP contribution in [0.1, 0.15) is 22.3 Å². The van der Waals surface area contributed by atoms with E-state index in [1.54, 1.807) is 30.9 Å². The summed E-state index contributed by atoms with van der Waals surface area (Å²) in [5.74, 6) is 0. The second-order valence-electron chi connectivity index (χ2n) is 6.94. The summed E-state index contributed by atoms with van der Waals surface area (Å²) in [6, 6.07) is 12.3. The maximum Gasteiger partial charge on any atom is 0.271 e. The van der Waals surface area contributed by atoms with Gasteiger partial charge >= 0.3 is 0 Å². The van der Waals surface area contributed by atoms with E-state index in [1.165, 1.54) is 17.4 Å². The smallest absolute Gasteiger partial charge is 0.268 e. The van der Waals surface area contributed by atoms with Gasteiger partial charge in [0.1, 0.15) is 0 Å². The number of nitrogens with zero attached hydrogens (tertiary/aromatic N) is 4. The molecule has 2 aromatic carbocycles. The van der Waals surface area contributed by atoms with Crippen molar-refractivity contribution in [2.45, 2.75) is 31.8 Å². The summed E-state index contributed by atoms with van der Waals surface area (Å²) < 4.78 is 29.0. The molecule has 8 nitrogen and oxygen atoms in total. The number of aromatic nitrogens is 2. The van der Waals surface area contributed by atoms with Crippen LogP contribution in [0, 0.1) is 24.0 Å². The highest BCUT2D eigenvalue weighted by Crippen LogP contribution is 2.28. The third-order valence-corrected chi connectivity index (χ3v) is 6.71. The van der Waals surface area contributed by atoms with Gasteiger partial charge in [-0.15, -0.1) is 0 Å². The van der Waals surface area contributed by atoms with Crippen molar-refractivity contribution in [2.75, 3.05) is 7.05 Å². The van der Waals surface area contributed by atoms with Gasteiger partial charge in [0, 0.05) is 37.5 Å². The molecule has 0 unspecified atom stereocenters. The molecule has 0 N–H and O–H groups in total. The molecule has 3 rings (SSSR count). The van der Waals surface area contributed by atoms with Crippen molar-refractivity contribution in [1.82, 2.24) is 14.1 Å². The SMILES string of the molecule is Cc1cc([N+](=O)[O-])cc(S(=O)(=O)N(C)Cc2cnn(Cc3ccccc3)c2)c1C. The summed E-state index contributed by atoms with van der Waals surface area (Å²) in [5.41, 5.74) is 2.64. The Labute approximate surface area is 169 Å². The van der Waals surface area contributed by atoms with Crippen LogP contribution in [0.3, 0.4) is 0 Å². The number of rotatable bonds is 7. The quantitative estimate of drug-likeness (QED) is 0.436. The van der Waals surface area contributed by atoms with Crippen molar-refractivity contribution in [3.8, 4) is 0 Å². The van der Waals surface area contributed by atoms with Crippen LogP contribution >= 0.6 is 0 Å². The van der Waals surface area contributed by atoms with E-state index in [9.17, 15) is 18.5 Å². The Morgan fingerprint density at radius 3 is 2.48 bits per heavy atom. The highest BCUT2D eigenvalue weighted by molar-refractivity contribution is 7.89. The zero-order chi connectivity index (χ0) is 21.2. The minimum atomic E-state index is -3.90. The van der Waals surface area contributed by atoms with Gasteiger partial charge in [0.05, 0.1) is 22.6 Å². The molecule has 0 atom stereocenters. The third-order valence-electron chi connectivity index (χ3n) is 4.78. The summed E-state index contributed by atoms with van der Waals surface area (Å²) in [4.78, 5) is 10.5. The predicted octanol–water partition coefficient (Wildman–Crippen LogP) is 3.28. The van der Waals surface area contributed by atoms with Crippen LogP contribution in [0.4, 0.5) is 5.69 Å². The van der Waals surface area contributed by atoms with E-state index in [-0.39, 0.29) is 17.1 Å². The fraction of sp³-hybridized carbons (Fsp3) is 0.250. The zero-order valence-corrected chi connectivity index (χ0v) is 17.3. The fourth-order valence-corrected chi connectivity index (χ4v) is 4.51. The summed E-state index contributed by atoms with van der Waals surface area (Å²) >= 11 is 0. The maximum absolute atomic E-state index is 13.1. The molecule has 1 heterocycles. The molecular weight excluding hydrogens is 392 g/mol. The molecule has 0 amide bonds. The van der Waals surface area contributed by atoms with E-state index >= 15 is 0 Å². The first kappa shape index (κ1) is 20.7. The molecule has 0 saturated carbocycles. The molecule has 0 spiro atoms. The highest BCUT2D eigenvalue weighted by Gasteiger charge is 2.26. The summed E-state index contributed by atoms with van der Waals surface area (Å²) in [6.45, 7) is 4.01. The Hall–Kier alpha value is -3.04. The van der Waals surface area contributed by atoms with Gasteiger partial charge in [0.15, 0.2) is 0 Å². The van der Waals surface area contributed by atoms with Gasteiger partial charge in [0.25, 0.3) is 5.69 Å². The van der Waals surface area contributed by atoms with E-state index in [2.05, 4.69) is 5.10 Å². The minimum Gasteiger partial charge on any atom is -0.268 e. The van der Waals surface area contributed by atoms with Gasteiger partial charge in [-0.05, 0) is 30.5 Å². The van der Waals surface area contributed by atoms with Crippen LogP contribution < -0.4 is 0 Å². The van der Waals surface area contributed by atoms with Crippen LogP contribution in [-0.4, -0.2) is 34.5 Å². The lowest BCUT2D eigenvalue weighted by molar-refractivity contribution is -0.385. The molecule has 1 aromatic heterocycles. The van der Waals surface area contributed by atoms with Crippen molar-refractivity contribution in [1.29, 1.82) is 0 Å². The first-order valence-corrected chi connectivity index (χ1v) is 10.4. The summed E-state index contributed by atoms with van der Waals surface area (Å²) in [7, 11) is -2.45. The Balaban J connectivity index is 1.82. The molecule has 0 aliphatic rings. The molecule has 0 saturated heterocycles. The fourth-order valence-electron chi connectivity index (χ4n) is 3.04. The molecule has 0 radical (unpaired) electrons. The number of nitro groups is 1. The Morgan fingerprint density at radius 2 is 1.83 bits per heavy atom. The third kappa shape index (κ3) is 4.52. The second-order valence-corrected chi connectivity index (χ2v) is 8.95. The molecule has 0 fully saturated rings. The van der Waals surface area contributed by atoms with Crippen LogP contribution in [0.5, 0.6) is 0 Å². The Morgan fingerprint density at radius 1 is 1.14 bits per heavy atom. The first-order chi connectivity index (χ1) is 13.7. The van der Waals surface area contributed by atoms with Gasteiger partial charge < -0.3 is 0 Å². The summed E-state index contributed by atoms with van der Waals surface area (Å²) in [5, 5.41) is 15.4. The van der Waals surface area contributed by atoms with Crippen molar-refractivity contribution in [3.05, 3.63) is 87.2 Å². The van der Waals surface area contributed by atoms with Gasteiger partial charge in [-0.25, -0.2) is 8.42 Å². The predicted molar refractivity (Wildman–Crippen MR) is 109 cm³/mol. The number of benzene rings is 2. The Kier molecular flexibility index (Phi) is 5.81. The molecule has 3 aromatic rings. The van der Waals surface area contributed by atoms with E-state index < -0.39 is 14.9 Å². The molecule has 152 valence electrons. The number of sulfonamides is 1. The van der Waals surface area contributed by atoms with Gasteiger partial charge in [-0.2, -0.15) is 9.40 Å². The van der Waals surface area contributed by atoms with Crippen molar-refractivity contribution >= 4 is 15.7 Å². The largest absolute Gasteiger partial charge is 0.271 e. The lowest BCUT2D eigenvalue weighted by atomic mass is 10.1. The first-order valence-electron chi connectivity index (χ1n) is 8.95. The van der Waals surface area contributed by atoms with Gasteiger partial charge in [-0.1, -0.05) is 30.3 Å². The molecular formula is C20H22N4O4S. The van der Waals surface area contributed by atoms with E-state index in [4.69, 9.17) is 0 Å². The molecule has 29 heavy (non-hydrogen) atoms. The molecule has 0 bridgehead atoms. The van der Waals surface area contributed by atoms with Gasteiger partial charge in [0.2, 0.25) is 10.0 Å². The summed E-state index contributed by atoms with van der Waals surface area (Å²) in [6.07, 6.45) is 3.42. The number of aryl methyl sites for hydroxylation is 1. The highest BCUT2D eigenvalue weighted by atomic mass is 32.2. The van der Waals surface area contributed by atoms with Crippen LogP contribution in [0.15, 0.2) is 59.8 Å². The van der Waals surface area contributed by atoms with Crippen LogP contribution in [0.25, 0.3) is 0 Å². The average Bonchev–Trinajstić information content (AvgIpc) is 3.11. The van der Waals surface area contributed by atoms with Crippen molar-refractivity contribution in [3.63, 3.8) is 0 Å². The lowest BCUT2D eigenvalue weighted by Gasteiger charge is -2.18. The maximum atomic E-state index is 13.1. The van der Waals surface area contributed by atoms with E-state index in [0.717, 1.165) is 17.2 Å². The number of hydrogen-bond acceptors (Lipinski definition) is 5. The van der Waals surface area contributed by atoms with Crippen LogP contribution in [0.2, 0.25) is 0 Å². The molecule has 0 aliphatic heterocycles.